The quantitative estimate of drug-likeness (QED) is 0.326. The number of esters is 2. The number of aromatic hydroxyl groups is 2. The molecule has 0 fully saturated rings. The Balaban J connectivity index is 2.27. The Morgan fingerprint density at radius 2 is 1.72 bits per heavy atom. The Morgan fingerprint density at radius 1 is 1.06 bits per heavy atom. The van der Waals surface area contributed by atoms with Gasteiger partial charge in [-0.25, -0.2) is 14.4 Å². The van der Waals surface area contributed by atoms with Crippen LogP contribution >= 0.6 is 0 Å². The Morgan fingerprint density at radius 3 is 2.25 bits per heavy atom. The second-order valence-corrected chi connectivity index (χ2v) is 6.68. The molecule has 10 nitrogen and oxygen atoms in total. The van der Waals surface area contributed by atoms with Gasteiger partial charge in [0, 0.05) is 12.5 Å². The van der Waals surface area contributed by atoms with Crippen molar-refractivity contribution < 1.29 is 49.0 Å². The van der Waals surface area contributed by atoms with Gasteiger partial charge in [-0.05, 0) is 41.5 Å². The number of methoxy groups -OCH3 is 2. The average Bonchev–Trinajstić information content (AvgIpc) is 2.77. The van der Waals surface area contributed by atoms with Gasteiger partial charge in [-0.1, -0.05) is 18.2 Å². The van der Waals surface area contributed by atoms with Crippen molar-refractivity contribution in [2.45, 2.75) is 18.1 Å². The highest BCUT2D eigenvalue weighted by molar-refractivity contribution is 5.93. The first-order valence-corrected chi connectivity index (χ1v) is 9.18. The molecule has 2 aromatic rings. The predicted octanol–water partition coefficient (Wildman–Crippen LogP) is 1.26. The summed E-state index contributed by atoms with van der Waals surface area (Å²) in [6, 6.07) is 9.51. The van der Waals surface area contributed by atoms with Crippen LogP contribution in [0.3, 0.4) is 0 Å². The first-order valence-electron chi connectivity index (χ1n) is 9.18. The third kappa shape index (κ3) is 5.76. The van der Waals surface area contributed by atoms with Crippen molar-refractivity contribution in [1.82, 2.24) is 0 Å². The summed E-state index contributed by atoms with van der Waals surface area (Å²) < 4.78 is 14.4. The number of rotatable bonds is 9. The maximum atomic E-state index is 12.3. The van der Waals surface area contributed by atoms with E-state index in [0.29, 0.717) is 5.56 Å². The van der Waals surface area contributed by atoms with Gasteiger partial charge < -0.3 is 34.6 Å². The number of aliphatic hydroxyl groups is 1. The third-order valence-electron chi connectivity index (χ3n) is 4.48. The number of ether oxygens (including phenoxy) is 3. The van der Waals surface area contributed by atoms with Gasteiger partial charge >= 0.3 is 17.9 Å². The molecular formula is C22H22O10. The molecule has 0 aliphatic carbocycles. The first-order chi connectivity index (χ1) is 15.1. The maximum absolute atomic E-state index is 12.3. The molecule has 0 amide bonds. The normalized spacial score (nSPS) is 13.7. The highest BCUT2D eigenvalue weighted by atomic mass is 16.6. The van der Waals surface area contributed by atoms with Gasteiger partial charge in [-0.2, -0.15) is 0 Å². The molecule has 170 valence electrons. The molecule has 0 saturated carbocycles. The van der Waals surface area contributed by atoms with E-state index < -0.39 is 36.0 Å². The van der Waals surface area contributed by atoms with Crippen LogP contribution in [0.5, 0.6) is 17.2 Å². The molecule has 2 atom stereocenters. The summed E-state index contributed by atoms with van der Waals surface area (Å²) in [5.74, 6) is -4.28. The smallest absolute Gasteiger partial charge is 0.350 e. The average molecular weight is 446 g/mol. The first kappa shape index (κ1) is 24.2. The summed E-state index contributed by atoms with van der Waals surface area (Å²) >= 11 is 0. The summed E-state index contributed by atoms with van der Waals surface area (Å²) in [5, 5.41) is 39.5. The molecule has 10 heteroatoms. The lowest BCUT2D eigenvalue weighted by atomic mass is 9.88. The third-order valence-corrected chi connectivity index (χ3v) is 4.48. The monoisotopic (exact) mass is 446 g/mol. The van der Waals surface area contributed by atoms with Crippen LogP contribution in [0, 0.1) is 0 Å². The number of phenols is 2. The standard InChI is InChI=1S/C22H22O10/c1-30-17-9-5-13(11-16(17)24)6-10-18(25)32-19(20(26)31-2)22(29,21(27)28)12-14-3-7-15(23)8-4-14/h3-11,19,23-24,29H,12H2,1-2H3,(H,27,28)/b10-6+/t19-,22-/m1/s1. The molecule has 4 N–H and O–H groups in total. The van der Waals surface area contributed by atoms with Gasteiger partial charge in [0.05, 0.1) is 14.2 Å². The molecule has 32 heavy (non-hydrogen) atoms. The largest absolute Gasteiger partial charge is 0.508 e. The Hall–Kier alpha value is -4.05. The molecule has 0 aliphatic rings. The number of carboxylic acid groups (broad SMARTS) is 1. The minimum atomic E-state index is -2.86. The molecule has 0 unspecified atom stereocenters. The molecular weight excluding hydrogens is 424 g/mol. The number of carbonyl (C=O) groups is 3. The van der Waals surface area contributed by atoms with E-state index in [2.05, 4.69) is 4.74 Å². The zero-order valence-electron chi connectivity index (χ0n) is 17.2. The highest BCUT2D eigenvalue weighted by Crippen LogP contribution is 2.27. The van der Waals surface area contributed by atoms with Crippen LogP contribution in [0.1, 0.15) is 11.1 Å². The number of benzene rings is 2. The number of hydrogen-bond donors (Lipinski definition) is 4. The maximum Gasteiger partial charge on any atom is 0.350 e. The molecule has 2 rings (SSSR count). The summed E-state index contributed by atoms with van der Waals surface area (Å²) in [5.41, 5.74) is -2.22. The van der Waals surface area contributed by atoms with E-state index in [1.807, 2.05) is 0 Å². The fourth-order valence-electron chi connectivity index (χ4n) is 2.78. The minimum absolute atomic E-state index is 0.0849. The minimum Gasteiger partial charge on any atom is -0.508 e. The van der Waals surface area contributed by atoms with Crippen molar-refractivity contribution in [3.05, 3.63) is 59.7 Å². The zero-order chi connectivity index (χ0) is 23.9. The molecule has 0 aliphatic heterocycles. The molecule has 0 aromatic heterocycles. The van der Waals surface area contributed by atoms with Crippen molar-refractivity contribution in [3.8, 4) is 17.2 Å². The van der Waals surface area contributed by atoms with Gasteiger partial charge in [0.25, 0.3) is 0 Å². The van der Waals surface area contributed by atoms with E-state index in [1.165, 1.54) is 55.7 Å². The molecule has 0 spiro atoms. The van der Waals surface area contributed by atoms with Gasteiger partial charge in [-0.3, -0.25) is 0 Å². The van der Waals surface area contributed by atoms with Gasteiger partial charge in [0.1, 0.15) is 5.75 Å². The van der Waals surface area contributed by atoms with E-state index in [1.54, 1.807) is 0 Å². The molecule has 2 aromatic carbocycles. The van der Waals surface area contributed by atoms with E-state index in [9.17, 15) is 34.8 Å². The summed E-state index contributed by atoms with van der Waals surface area (Å²) in [6.07, 6.45) is -0.679. The summed E-state index contributed by atoms with van der Waals surface area (Å²) in [6.45, 7) is 0. The van der Waals surface area contributed by atoms with Crippen molar-refractivity contribution in [3.63, 3.8) is 0 Å². The Labute approximate surface area is 182 Å². The van der Waals surface area contributed by atoms with Crippen LogP contribution in [0.2, 0.25) is 0 Å². The molecule has 0 heterocycles. The van der Waals surface area contributed by atoms with Crippen LogP contribution in [-0.2, 0) is 30.3 Å². The molecule has 0 radical (unpaired) electrons. The van der Waals surface area contributed by atoms with Crippen molar-refractivity contribution >= 4 is 24.0 Å². The Kier molecular flexibility index (Phi) is 7.81. The van der Waals surface area contributed by atoms with Gasteiger partial charge in [0.2, 0.25) is 11.7 Å². The highest BCUT2D eigenvalue weighted by Gasteiger charge is 2.51. The lowest BCUT2D eigenvalue weighted by Crippen LogP contribution is -2.57. The second kappa shape index (κ2) is 10.3. The number of carbonyl (C=O) groups excluding carboxylic acids is 2. The fraction of sp³-hybridized carbons (Fsp3) is 0.227. The second-order valence-electron chi connectivity index (χ2n) is 6.68. The number of hydrogen-bond acceptors (Lipinski definition) is 9. The molecule has 0 saturated heterocycles. The summed E-state index contributed by atoms with van der Waals surface area (Å²) in [4.78, 5) is 36.3. The molecule has 0 bridgehead atoms. The van der Waals surface area contributed by atoms with E-state index in [-0.39, 0.29) is 22.8 Å². The number of phenolic OH excluding ortho intramolecular Hbond substituents is 2. The van der Waals surface area contributed by atoms with Crippen LogP contribution < -0.4 is 4.74 Å². The van der Waals surface area contributed by atoms with Crippen LogP contribution in [-0.4, -0.2) is 64.3 Å². The van der Waals surface area contributed by atoms with Crippen LogP contribution in [0.25, 0.3) is 6.08 Å². The fourth-order valence-corrected chi connectivity index (χ4v) is 2.78. The van der Waals surface area contributed by atoms with E-state index in [4.69, 9.17) is 9.47 Å². The van der Waals surface area contributed by atoms with Crippen LogP contribution in [0.15, 0.2) is 48.5 Å². The van der Waals surface area contributed by atoms with Gasteiger partial charge in [-0.15, -0.1) is 0 Å². The van der Waals surface area contributed by atoms with Gasteiger partial charge in [0.15, 0.2) is 11.5 Å². The van der Waals surface area contributed by atoms with E-state index in [0.717, 1.165) is 13.2 Å². The lowest BCUT2D eigenvalue weighted by molar-refractivity contribution is -0.193. The van der Waals surface area contributed by atoms with E-state index >= 15 is 0 Å². The van der Waals surface area contributed by atoms with Crippen molar-refractivity contribution in [1.29, 1.82) is 0 Å². The SMILES string of the molecule is COC(=O)[C@@H](OC(=O)/C=C/c1ccc(OC)c(O)c1)[C@](O)(Cc1ccc(O)cc1)C(=O)O. The van der Waals surface area contributed by atoms with Crippen molar-refractivity contribution in [2.75, 3.05) is 14.2 Å². The predicted molar refractivity (Wildman–Crippen MR) is 110 cm³/mol. The Bertz CT molecular complexity index is 1010. The number of carboxylic acids is 1. The summed E-state index contributed by atoms with van der Waals surface area (Å²) in [7, 11) is 2.32. The lowest BCUT2D eigenvalue weighted by Gasteiger charge is -2.29. The zero-order valence-corrected chi connectivity index (χ0v) is 17.2. The topological polar surface area (TPSA) is 160 Å². The number of aliphatic carboxylic acids is 1. The van der Waals surface area contributed by atoms with Crippen LogP contribution in [0.4, 0.5) is 0 Å². The van der Waals surface area contributed by atoms with Crippen molar-refractivity contribution in [2.24, 2.45) is 0 Å².